The fourth-order valence-corrected chi connectivity index (χ4v) is 3.72. The van der Waals surface area contributed by atoms with E-state index in [1.165, 1.54) is 6.26 Å². The first-order valence-electron chi connectivity index (χ1n) is 5.21. The van der Waals surface area contributed by atoms with Gasteiger partial charge in [0.15, 0.2) is 9.84 Å². The van der Waals surface area contributed by atoms with Gasteiger partial charge in [0.05, 0.1) is 24.3 Å². The molecule has 0 unspecified atom stereocenters. The van der Waals surface area contributed by atoms with E-state index in [4.69, 9.17) is 10.00 Å². The van der Waals surface area contributed by atoms with E-state index in [9.17, 15) is 8.42 Å². The van der Waals surface area contributed by atoms with Crippen molar-refractivity contribution in [2.24, 2.45) is 5.92 Å². The second kappa shape index (κ2) is 4.04. The molecule has 1 aliphatic carbocycles. The van der Waals surface area contributed by atoms with Gasteiger partial charge in [0.2, 0.25) is 0 Å². The van der Waals surface area contributed by atoms with Gasteiger partial charge in [0.1, 0.15) is 5.75 Å². The zero-order valence-electron chi connectivity index (χ0n) is 9.62. The Bertz CT molecular complexity index is 556. The van der Waals surface area contributed by atoms with E-state index in [2.05, 4.69) is 6.07 Å². The van der Waals surface area contributed by atoms with Gasteiger partial charge in [-0.2, -0.15) is 5.26 Å². The standard InChI is InChI=1S/C12H13NO3S/c1-16-9-5-3-8(4-6-9)11-10(7-13)12(11)17(2,14)15/h3-6,10-12H,1-2H3/t10-,11+,12+/m1/s1. The van der Waals surface area contributed by atoms with Crippen LogP contribution in [0.4, 0.5) is 0 Å². The average Bonchev–Trinajstić information content (AvgIpc) is 3.03. The molecule has 0 heterocycles. The van der Waals surface area contributed by atoms with Crippen LogP contribution in [0.15, 0.2) is 24.3 Å². The maximum absolute atomic E-state index is 11.5. The summed E-state index contributed by atoms with van der Waals surface area (Å²) in [4.78, 5) is 0. The van der Waals surface area contributed by atoms with Crippen LogP contribution >= 0.6 is 0 Å². The predicted octanol–water partition coefficient (Wildman–Crippen LogP) is 1.35. The van der Waals surface area contributed by atoms with Crippen LogP contribution in [-0.4, -0.2) is 27.0 Å². The lowest BCUT2D eigenvalue weighted by molar-refractivity contribution is 0.414. The van der Waals surface area contributed by atoms with Gasteiger partial charge in [-0.15, -0.1) is 0 Å². The molecule has 2 rings (SSSR count). The Morgan fingerprint density at radius 2 is 1.88 bits per heavy atom. The quantitative estimate of drug-likeness (QED) is 0.813. The lowest BCUT2D eigenvalue weighted by Gasteiger charge is -2.02. The maximum atomic E-state index is 11.5. The molecule has 4 nitrogen and oxygen atoms in total. The van der Waals surface area contributed by atoms with Crippen LogP contribution in [0, 0.1) is 17.2 Å². The Labute approximate surface area is 101 Å². The molecule has 0 N–H and O–H groups in total. The highest BCUT2D eigenvalue weighted by Crippen LogP contribution is 2.51. The van der Waals surface area contributed by atoms with E-state index in [0.717, 1.165) is 11.3 Å². The zero-order chi connectivity index (χ0) is 12.6. The van der Waals surface area contributed by atoms with Gasteiger partial charge in [0.25, 0.3) is 0 Å². The third-order valence-electron chi connectivity index (χ3n) is 3.10. The Hall–Kier alpha value is -1.54. The molecule has 5 heteroatoms. The molecule has 90 valence electrons. The number of methoxy groups -OCH3 is 1. The Morgan fingerprint density at radius 3 is 2.24 bits per heavy atom. The van der Waals surface area contributed by atoms with Gasteiger partial charge < -0.3 is 4.74 Å². The highest BCUT2D eigenvalue weighted by atomic mass is 32.2. The summed E-state index contributed by atoms with van der Waals surface area (Å²) >= 11 is 0. The van der Waals surface area contributed by atoms with Crippen LogP contribution in [0.2, 0.25) is 0 Å². The highest BCUT2D eigenvalue weighted by molar-refractivity contribution is 7.91. The number of sulfone groups is 1. The summed E-state index contributed by atoms with van der Waals surface area (Å²) in [5.74, 6) is 0.109. The summed E-state index contributed by atoms with van der Waals surface area (Å²) in [5, 5.41) is 8.38. The zero-order valence-corrected chi connectivity index (χ0v) is 10.4. The predicted molar refractivity (Wildman–Crippen MR) is 63.5 cm³/mol. The van der Waals surface area contributed by atoms with Crippen molar-refractivity contribution in [1.82, 2.24) is 0 Å². The van der Waals surface area contributed by atoms with Crippen molar-refractivity contribution < 1.29 is 13.2 Å². The summed E-state index contributed by atoms with van der Waals surface area (Å²) < 4.78 is 28.0. The molecule has 3 atom stereocenters. The van der Waals surface area contributed by atoms with Crippen LogP contribution in [0.3, 0.4) is 0 Å². The molecule has 0 spiro atoms. The summed E-state index contributed by atoms with van der Waals surface area (Å²) in [6.07, 6.45) is 1.19. The molecule has 1 aromatic rings. The van der Waals surface area contributed by atoms with E-state index >= 15 is 0 Å². The molecule has 0 aliphatic heterocycles. The van der Waals surface area contributed by atoms with Crippen molar-refractivity contribution in [1.29, 1.82) is 5.26 Å². The highest BCUT2D eigenvalue weighted by Gasteiger charge is 2.57. The molecular formula is C12H13NO3S. The molecule has 0 amide bonds. The van der Waals surface area contributed by atoms with Gasteiger partial charge in [-0.05, 0) is 17.7 Å². The monoisotopic (exact) mass is 251 g/mol. The second-order valence-electron chi connectivity index (χ2n) is 4.25. The van der Waals surface area contributed by atoms with E-state index in [0.29, 0.717) is 0 Å². The van der Waals surface area contributed by atoms with Crippen molar-refractivity contribution in [3.05, 3.63) is 29.8 Å². The van der Waals surface area contributed by atoms with Gasteiger partial charge in [-0.1, -0.05) is 12.1 Å². The third-order valence-corrected chi connectivity index (χ3v) is 4.67. The van der Waals surface area contributed by atoms with E-state index < -0.39 is 21.0 Å². The van der Waals surface area contributed by atoms with E-state index in [1.54, 1.807) is 19.2 Å². The van der Waals surface area contributed by atoms with Crippen molar-refractivity contribution >= 4 is 9.84 Å². The molecule has 1 aromatic carbocycles. The first-order valence-corrected chi connectivity index (χ1v) is 7.17. The number of ether oxygens (including phenoxy) is 1. The molecule has 0 radical (unpaired) electrons. The molecule has 17 heavy (non-hydrogen) atoms. The minimum Gasteiger partial charge on any atom is -0.497 e. The van der Waals surface area contributed by atoms with Gasteiger partial charge in [-0.3, -0.25) is 0 Å². The van der Waals surface area contributed by atoms with Crippen LogP contribution < -0.4 is 4.74 Å². The molecule has 0 saturated heterocycles. The first kappa shape index (κ1) is 11.9. The van der Waals surface area contributed by atoms with Crippen molar-refractivity contribution in [2.45, 2.75) is 11.2 Å². The summed E-state index contributed by atoms with van der Waals surface area (Å²) in [6.45, 7) is 0. The summed E-state index contributed by atoms with van der Waals surface area (Å²) in [7, 11) is -1.58. The molecular weight excluding hydrogens is 238 g/mol. The molecule has 1 fully saturated rings. The number of rotatable bonds is 3. The largest absolute Gasteiger partial charge is 0.497 e. The fraction of sp³-hybridized carbons (Fsp3) is 0.417. The SMILES string of the molecule is COc1ccc([C@H]2[C@@H](C#N)[C@@H]2S(C)(=O)=O)cc1. The number of hydrogen-bond donors (Lipinski definition) is 0. The first-order chi connectivity index (χ1) is 7.99. The molecule has 1 aliphatic rings. The number of nitriles is 1. The van der Waals surface area contributed by atoms with E-state index in [-0.39, 0.29) is 5.92 Å². The molecule has 1 saturated carbocycles. The van der Waals surface area contributed by atoms with Crippen molar-refractivity contribution in [3.63, 3.8) is 0 Å². The minimum absolute atomic E-state index is 0.194. The van der Waals surface area contributed by atoms with Gasteiger partial charge >= 0.3 is 0 Å². The van der Waals surface area contributed by atoms with Gasteiger partial charge in [0, 0.05) is 12.2 Å². The van der Waals surface area contributed by atoms with Crippen LogP contribution in [0.1, 0.15) is 11.5 Å². The number of benzene rings is 1. The van der Waals surface area contributed by atoms with Crippen LogP contribution in [-0.2, 0) is 9.84 Å². The Balaban J connectivity index is 2.27. The van der Waals surface area contributed by atoms with Crippen LogP contribution in [0.5, 0.6) is 5.75 Å². The third kappa shape index (κ3) is 2.13. The lowest BCUT2D eigenvalue weighted by Crippen LogP contribution is -2.06. The topological polar surface area (TPSA) is 67.2 Å². The molecule has 0 bridgehead atoms. The van der Waals surface area contributed by atoms with Gasteiger partial charge in [-0.25, -0.2) is 8.42 Å². The Kier molecular flexibility index (Phi) is 2.84. The summed E-state index contributed by atoms with van der Waals surface area (Å²) in [5.41, 5.74) is 0.882. The van der Waals surface area contributed by atoms with Crippen LogP contribution in [0.25, 0.3) is 0 Å². The fourth-order valence-electron chi connectivity index (χ4n) is 2.19. The average molecular weight is 251 g/mol. The lowest BCUT2D eigenvalue weighted by atomic mass is 10.1. The second-order valence-corrected chi connectivity index (χ2v) is 6.45. The van der Waals surface area contributed by atoms with E-state index in [1.807, 2.05) is 12.1 Å². The van der Waals surface area contributed by atoms with Crippen molar-refractivity contribution in [2.75, 3.05) is 13.4 Å². The molecule has 0 aromatic heterocycles. The Morgan fingerprint density at radius 1 is 1.29 bits per heavy atom. The minimum atomic E-state index is -3.16. The number of nitrogens with zero attached hydrogens (tertiary/aromatic N) is 1. The maximum Gasteiger partial charge on any atom is 0.152 e. The number of hydrogen-bond acceptors (Lipinski definition) is 4. The summed E-state index contributed by atoms with van der Waals surface area (Å²) in [6, 6.07) is 9.26. The normalized spacial score (nSPS) is 27.2. The smallest absolute Gasteiger partial charge is 0.152 e. The van der Waals surface area contributed by atoms with Crippen molar-refractivity contribution in [3.8, 4) is 11.8 Å².